The molecule has 0 bridgehead atoms. The number of nitrogens with one attached hydrogen (secondary N) is 1. The molecule has 134 valence electrons. The maximum absolute atomic E-state index is 12.2. The maximum Gasteiger partial charge on any atom is 0.326 e. The minimum atomic E-state index is -3.69. The number of nitrogens with zero attached hydrogens (tertiary/aromatic N) is 1. The van der Waals surface area contributed by atoms with Crippen LogP contribution < -0.4 is 9.62 Å². The standard InChI is InChI=1S/C16H24N2O5S/c1-5-11(2)15(16(20)21)17-14(19)10-18(24(4,22)23)13-9-7-6-8-12(13)3/h6-9,11,15H,5,10H2,1-4H3,(H,17,19)(H,20,21)/t11-,15-/m0/s1. The number of carboxylic acids is 1. The number of benzene rings is 1. The number of aryl methyl sites for hydroxylation is 1. The van der Waals surface area contributed by atoms with Crippen LogP contribution in [0.1, 0.15) is 25.8 Å². The molecule has 0 aliphatic rings. The van der Waals surface area contributed by atoms with Crippen molar-refractivity contribution in [1.29, 1.82) is 0 Å². The molecule has 0 fully saturated rings. The number of hydrogen-bond donors (Lipinski definition) is 2. The van der Waals surface area contributed by atoms with Crippen molar-refractivity contribution in [3.05, 3.63) is 29.8 Å². The van der Waals surface area contributed by atoms with Crippen LogP contribution in [0.4, 0.5) is 5.69 Å². The smallest absolute Gasteiger partial charge is 0.326 e. The number of para-hydroxylation sites is 1. The molecule has 24 heavy (non-hydrogen) atoms. The molecule has 0 aromatic heterocycles. The van der Waals surface area contributed by atoms with Gasteiger partial charge in [0.05, 0.1) is 11.9 Å². The minimum absolute atomic E-state index is 0.267. The van der Waals surface area contributed by atoms with Gasteiger partial charge in [0.15, 0.2) is 0 Å². The Morgan fingerprint density at radius 2 is 1.88 bits per heavy atom. The Morgan fingerprint density at radius 3 is 2.33 bits per heavy atom. The second-order valence-corrected chi connectivity index (χ2v) is 7.73. The first-order valence-electron chi connectivity index (χ1n) is 7.63. The van der Waals surface area contributed by atoms with Gasteiger partial charge >= 0.3 is 5.97 Å². The van der Waals surface area contributed by atoms with E-state index in [2.05, 4.69) is 5.32 Å². The molecule has 0 saturated heterocycles. The molecule has 0 aliphatic heterocycles. The van der Waals surface area contributed by atoms with Crippen molar-refractivity contribution in [2.45, 2.75) is 33.2 Å². The Kier molecular flexibility index (Phi) is 6.77. The van der Waals surface area contributed by atoms with Gasteiger partial charge in [0.25, 0.3) is 0 Å². The van der Waals surface area contributed by atoms with Crippen molar-refractivity contribution in [3.8, 4) is 0 Å². The molecule has 0 saturated carbocycles. The van der Waals surface area contributed by atoms with Gasteiger partial charge in [-0.25, -0.2) is 13.2 Å². The highest BCUT2D eigenvalue weighted by atomic mass is 32.2. The fraction of sp³-hybridized carbons (Fsp3) is 0.500. The number of carbonyl (C=O) groups is 2. The molecule has 0 spiro atoms. The topological polar surface area (TPSA) is 104 Å². The minimum Gasteiger partial charge on any atom is -0.480 e. The predicted octanol–water partition coefficient (Wildman–Crippen LogP) is 1.38. The summed E-state index contributed by atoms with van der Waals surface area (Å²) >= 11 is 0. The highest BCUT2D eigenvalue weighted by Crippen LogP contribution is 2.21. The average molecular weight is 356 g/mol. The van der Waals surface area contributed by atoms with Crippen LogP contribution in [0, 0.1) is 12.8 Å². The fourth-order valence-electron chi connectivity index (χ4n) is 2.26. The van der Waals surface area contributed by atoms with E-state index in [-0.39, 0.29) is 5.92 Å². The van der Waals surface area contributed by atoms with Crippen LogP contribution in [0.3, 0.4) is 0 Å². The third-order valence-corrected chi connectivity index (χ3v) is 4.99. The normalized spacial score (nSPS) is 13.8. The van der Waals surface area contributed by atoms with Crippen molar-refractivity contribution in [2.75, 3.05) is 17.1 Å². The van der Waals surface area contributed by atoms with Crippen molar-refractivity contribution in [1.82, 2.24) is 5.32 Å². The maximum atomic E-state index is 12.2. The third kappa shape index (κ3) is 5.23. The monoisotopic (exact) mass is 356 g/mol. The summed E-state index contributed by atoms with van der Waals surface area (Å²) in [4.78, 5) is 23.5. The van der Waals surface area contributed by atoms with Gasteiger partial charge in [-0.1, -0.05) is 38.5 Å². The van der Waals surface area contributed by atoms with Crippen LogP contribution >= 0.6 is 0 Å². The predicted molar refractivity (Wildman–Crippen MR) is 92.4 cm³/mol. The van der Waals surface area contributed by atoms with E-state index in [1.807, 2.05) is 6.92 Å². The van der Waals surface area contributed by atoms with Gasteiger partial charge in [-0.15, -0.1) is 0 Å². The van der Waals surface area contributed by atoms with Gasteiger partial charge in [-0.05, 0) is 24.5 Å². The lowest BCUT2D eigenvalue weighted by Crippen LogP contribution is -2.49. The molecule has 0 unspecified atom stereocenters. The molecule has 8 heteroatoms. The Labute approximate surface area is 142 Å². The van der Waals surface area contributed by atoms with E-state index >= 15 is 0 Å². The summed E-state index contributed by atoms with van der Waals surface area (Å²) in [5.41, 5.74) is 1.10. The largest absolute Gasteiger partial charge is 0.480 e. The molecule has 0 heterocycles. The first-order valence-corrected chi connectivity index (χ1v) is 9.48. The molecular formula is C16H24N2O5S. The van der Waals surface area contributed by atoms with Gasteiger partial charge in [-0.2, -0.15) is 0 Å². The van der Waals surface area contributed by atoms with Gasteiger partial charge in [0.1, 0.15) is 12.6 Å². The quantitative estimate of drug-likeness (QED) is 0.732. The Bertz CT molecular complexity index is 702. The second kappa shape index (κ2) is 8.14. The molecule has 1 aromatic carbocycles. The highest BCUT2D eigenvalue weighted by Gasteiger charge is 2.28. The number of amides is 1. The molecule has 1 aromatic rings. The summed E-state index contributed by atoms with van der Waals surface area (Å²) in [5.74, 6) is -2.06. The van der Waals surface area contributed by atoms with Crippen LogP contribution in [0.25, 0.3) is 0 Å². The zero-order chi connectivity index (χ0) is 18.5. The van der Waals surface area contributed by atoms with E-state index in [0.717, 1.165) is 10.6 Å². The third-order valence-electron chi connectivity index (χ3n) is 3.87. The molecule has 2 N–H and O–H groups in total. The fourth-order valence-corrected chi connectivity index (χ4v) is 3.17. The molecule has 7 nitrogen and oxygen atoms in total. The molecule has 0 aliphatic carbocycles. The SMILES string of the molecule is CC[C@H](C)[C@H](NC(=O)CN(c1ccccc1C)S(C)(=O)=O)C(=O)O. The van der Waals surface area contributed by atoms with E-state index in [1.165, 1.54) is 0 Å². The van der Waals surface area contributed by atoms with Gasteiger partial charge in [0.2, 0.25) is 15.9 Å². The van der Waals surface area contributed by atoms with E-state index in [4.69, 9.17) is 0 Å². The first kappa shape index (κ1) is 20.0. The molecule has 1 rings (SSSR count). The van der Waals surface area contributed by atoms with Crippen LogP contribution in [-0.4, -0.2) is 44.2 Å². The van der Waals surface area contributed by atoms with E-state index in [9.17, 15) is 23.1 Å². The number of aliphatic carboxylic acids is 1. The molecule has 2 atom stereocenters. The lowest BCUT2D eigenvalue weighted by molar-refractivity contribution is -0.143. The summed E-state index contributed by atoms with van der Waals surface area (Å²) in [6.45, 7) is 4.81. The van der Waals surface area contributed by atoms with Gasteiger partial charge in [0, 0.05) is 0 Å². The van der Waals surface area contributed by atoms with Crippen LogP contribution in [0.15, 0.2) is 24.3 Å². The van der Waals surface area contributed by atoms with E-state index in [0.29, 0.717) is 17.7 Å². The highest BCUT2D eigenvalue weighted by molar-refractivity contribution is 7.92. The second-order valence-electron chi connectivity index (χ2n) is 5.83. The summed E-state index contributed by atoms with van der Waals surface area (Å²) in [6, 6.07) is 5.73. The van der Waals surface area contributed by atoms with Crippen LogP contribution in [-0.2, 0) is 19.6 Å². The van der Waals surface area contributed by atoms with Crippen molar-refractivity contribution in [2.24, 2.45) is 5.92 Å². The van der Waals surface area contributed by atoms with Gasteiger partial charge < -0.3 is 10.4 Å². The zero-order valence-electron chi connectivity index (χ0n) is 14.3. The van der Waals surface area contributed by atoms with E-state index < -0.39 is 34.5 Å². The number of sulfonamides is 1. The Balaban J connectivity index is 3.02. The number of carboxylic acid groups (broad SMARTS) is 1. The van der Waals surface area contributed by atoms with Crippen molar-refractivity contribution >= 4 is 27.6 Å². The molecule has 1 amide bonds. The lowest BCUT2D eigenvalue weighted by atomic mass is 9.99. The summed E-state index contributed by atoms with van der Waals surface area (Å²) in [6.07, 6.45) is 1.58. The number of rotatable bonds is 8. The van der Waals surface area contributed by atoms with Gasteiger partial charge in [-0.3, -0.25) is 9.10 Å². The van der Waals surface area contributed by atoms with Crippen LogP contribution in [0.2, 0.25) is 0 Å². The van der Waals surface area contributed by atoms with Crippen LogP contribution in [0.5, 0.6) is 0 Å². The summed E-state index contributed by atoms with van der Waals surface area (Å²) in [7, 11) is -3.69. The van der Waals surface area contributed by atoms with Crippen molar-refractivity contribution < 1.29 is 23.1 Å². The molecule has 0 radical (unpaired) electrons. The number of carbonyl (C=O) groups excluding carboxylic acids is 1. The van der Waals surface area contributed by atoms with E-state index in [1.54, 1.807) is 38.1 Å². The van der Waals surface area contributed by atoms with Crippen molar-refractivity contribution in [3.63, 3.8) is 0 Å². The molecular weight excluding hydrogens is 332 g/mol. The first-order chi connectivity index (χ1) is 11.1. The summed E-state index contributed by atoms with van der Waals surface area (Å²) < 4.78 is 25.1. The number of hydrogen-bond acceptors (Lipinski definition) is 4. The Morgan fingerprint density at radius 1 is 1.29 bits per heavy atom. The average Bonchev–Trinajstić information content (AvgIpc) is 2.49. The lowest BCUT2D eigenvalue weighted by Gasteiger charge is -2.25. The zero-order valence-corrected chi connectivity index (χ0v) is 15.1. The number of anilines is 1. The summed E-state index contributed by atoms with van der Waals surface area (Å²) in [5, 5.41) is 11.6. The Hall–Kier alpha value is -2.09.